The Morgan fingerprint density at radius 3 is 2.26 bits per heavy atom. The van der Waals surface area contributed by atoms with Crippen LogP contribution in [0.2, 0.25) is 0 Å². The molecule has 1 aliphatic rings. The van der Waals surface area contributed by atoms with Gasteiger partial charge in [0.1, 0.15) is 6.04 Å². The number of hydrogen-bond donors (Lipinski definition) is 1. The lowest BCUT2D eigenvalue weighted by Crippen LogP contribution is -2.48. The van der Waals surface area contributed by atoms with Gasteiger partial charge in [0.2, 0.25) is 5.75 Å². The maximum atomic E-state index is 13.5. The molecule has 8 heteroatoms. The van der Waals surface area contributed by atoms with Gasteiger partial charge in [-0.1, -0.05) is 18.2 Å². The monoisotopic (exact) mass is 424 g/mol. The van der Waals surface area contributed by atoms with Gasteiger partial charge >= 0.3 is 5.97 Å². The zero-order chi connectivity index (χ0) is 22.3. The van der Waals surface area contributed by atoms with E-state index in [0.717, 1.165) is 22.2 Å². The zero-order valence-electron chi connectivity index (χ0n) is 17.8. The maximum Gasteiger partial charge on any atom is 0.326 e. The summed E-state index contributed by atoms with van der Waals surface area (Å²) in [6.45, 7) is 0.187. The molecule has 0 saturated heterocycles. The molecule has 0 radical (unpaired) electrons. The van der Waals surface area contributed by atoms with Gasteiger partial charge in [0.05, 0.1) is 27.9 Å². The average Bonchev–Trinajstić information content (AvgIpc) is 3.08. The third kappa shape index (κ3) is 3.24. The molecule has 1 atom stereocenters. The maximum absolute atomic E-state index is 13.5. The minimum Gasteiger partial charge on any atom is -0.493 e. The highest BCUT2D eigenvalue weighted by molar-refractivity contribution is 5.99. The van der Waals surface area contributed by atoms with Gasteiger partial charge in [0, 0.05) is 35.6 Å². The van der Waals surface area contributed by atoms with Crippen LogP contribution in [0.3, 0.4) is 0 Å². The van der Waals surface area contributed by atoms with Gasteiger partial charge in [-0.05, 0) is 23.8 Å². The molecule has 0 spiro atoms. The second-order valence-electron chi connectivity index (χ2n) is 7.41. The van der Waals surface area contributed by atoms with Crippen LogP contribution in [0.15, 0.2) is 36.4 Å². The van der Waals surface area contributed by atoms with Crippen molar-refractivity contribution in [3.63, 3.8) is 0 Å². The molecule has 0 bridgehead atoms. The molecule has 2 aromatic carbocycles. The molecule has 1 aliphatic heterocycles. The first-order valence-corrected chi connectivity index (χ1v) is 9.80. The molecule has 1 N–H and O–H groups in total. The number of aryl methyl sites for hydroxylation is 1. The van der Waals surface area contributed by atoms with E-state index in [-0.39, 0.29) is 18.5 Å². The molecule has 1 aromatic heterocycles. The van der Waals surface area contributed by atoms with E-state index >= 15 is 0 Å². The number of carboxylic acids is 1. The van der Waals surface area contributed by atoms with Crippen molar-refractivity contribution >= 4 is 22.8 Å². The third-order valence-corrected chi connectivity index (χ3v) is 5.90. The zero-order valence-corrected chi connectivity index (χ0v) is 17.8. The van der Waals surface area contributed by atoms with E-state index in [1.54, 1.807) is 12.1 Å². The van der Waals surface area contributed by atoms with Crippen molar-refractivity contribution in [1.29, 1.82) is 0 Å². The molecule has 1 amide bonds. The van der Waals surface area contributed by atoms with Crippen LogP contribution < -0.4 is 14.2 Å². The van der Waals surface area contributed by atoms with Crippen molar-refractivity contribution in [3.05, 3.63) is 53.2 Å². The first-order chi connectivity index (χ1) is 14.9. The predicted molar refractivity (Wildman–Crippen MR) is 114 cm³/mol. The SMILES string of the molecule is COc1cc(C(=O)N2Cc3c(c4ccccc4n3C)CC2C(=O)O)cc(OC)c1OC. The van der Waals surface area contributed by atoms with Gasteiger partial charge in [-0.2, -0.15) is 0 Å². The summed E-state index contributed by atoms with van der Waals surface area (Å²) in [5.41, 5.74) is 3.18. The summed E-state index contributed by atoms with van der Waals surface area (Å²) in [6, 6.07) is 9.97. The summed E-state index contributed by atoms with van der Waals surface area (Å²) >= 11 is 0. The number of carboxylic acid groups (broad SMARTS) is 1. The molecule has 1 unspecified atom stereocenters. The highest BCUT2D eigenvalue weighted by atomic mass is 16.5. The van der Waals surface area contributed by atoms with Crippen LogP contribution in [0.25, 0.3) is 10.9 Å². The number of methoxy groups -OCH3 is 3. The van der Waals surface area contributed by atoms with E-state index in [4.69, 9.17) is 14.2 Å². The summed E-state index contributed by atoms with van der Waals surface area (Å²) < 4.78 is 18.0. The fourth-order valence-electron chi connectivity index (χ4n) is 4.33. The molecule has 0 aliphatic carbocycles. The number of benzene rings is 2. The van der Waals surface area contributed by atoms with Gasteiger partial charge < -0.3 is 28.8 Å². The minimum atomic E-state index is -1.04. The number of hydrogen-bond acceptors (Lipinski definition) is 5. The van der Waals surface area contributed by atoms with E-state index in [0.29, 0.717) is 17.2 Å². The van der Waals surface area contributed by atoms with Crippen molar-refractivity contribution in [3.8, 4) is 17.2 Å². The molecule has 2 heterocycles. The number of aromatic nitrogens is 1. The number of nitrogens with zero attached hydrogens (tertiary/aromatic N) is 2. The van der Waals surface area contributed by atoms with Gasteiger partial charge in [-0.15, -0.1) is 0 Å². The van der Waals surface area contributed by atoms with Crippen LogP contribution >= 0.6 is 0 Å². The summed E-state index contributed by atoms with van der Waals surface area (Å²) in [5.74, 6) is -0.424. The molecule has 4 rings (SSSR count). The first kappa shape index (κ1) is 20.6. The van der Waals surface area contributed by atoms with Crippen LogP contribution in [0.1, 0.15) is 21.6 Å². The van der Waals surface area contributed by atoms with Crippen LogP contribution in [-0.2, 0) is 24.8 Å². The normalized spacial score (nSPS) is 15.5. The Hall–Kier alpha value is -3.68. The smallest absolute Gasteiger partial charge is 0.326 e. The number of aliphatic carboxylic acids is 1. The molecular weight excluding hydrogens is 400 g/mol. The lowest BCUT2D eigenvalue weighted by atomic mass is 9.95. The average molecular weight is 424 g/mol. The molecule has 3 aromatic rings. The third-order valence-electron chi connectivity index (χ3n) is 5.90. The van der Waals surface area contributed by atoms with E-state index in [1.165, 1.54) is 26.2 Å². The molecule has 8 nitrogen and oxygen atoms in total. The van der Waals surface area contributed by atoms with Crippen LogP contribution in [0.4, 0.5) is 0 Å². The van der Waals surface area contributed by atoms with Crippen LogP contribution in [-0.4, -0.2) is 53.8 Å². The second-order valence-corrected chi connectivity index (χ2v) is 7.41. The topological polar surface area (TPSA) is 90.2 Å². The Morgan fingerprint density at radius 1 is 1.03 bits per heavy atom. The lowest BCUT2D eigenvalue weighted by Gasteiger charge is -2.34. The van der Waals surface area contributed by atoms with Crippen molar-refractivity contribution in [2.75, 3.05) is 21.3 Å². The number of rotatable bonds is 5. The van der Waals surface area contributed by atoms with Crippen LogP contribution in [0.5, 0.6) is 17.2 Å². The minimum absolute atomic E-state index is 0.187. The first-order valence-electron chi connectivity index (χ1n) is 9.80. The fraction of sp³-hybridized carbons (Fsp3) is 0.304. The Bertz CT molecular complexity index is 1160. The van der Waals surface area contributed by atoms with Crippen LogP contribution in [0, 0.1) is 0 Å². The Labute approximate surface area is 179 Å². The Morgan fingerprint density at radius 2 is 1.68 bits per heavy atom. The number of fused-ring (bicyclic) bond motifs is 3. The lowest BCUT2D eigenvalue weighted by molar-refractivity contribution is -0.142. The number of ether oxygens (including phenoxy) is 3. The summed E-state index contributed by atoms with van der Waals surface area (Å²) in [5, 5.41) is 10.9. The molecular formula is C23H24N2O6. The second kappa shape index (κ2) is 7.86. The van der Waals surface area contributed by atoms with Crippen molar-refractivity contribution in [1.82, 2.24) is 9.47 Å². The predicted octanol–water partition coefficient (Wildman–Crippen LogP) is 2.86. The summed E-state index contributed by atoms with van der Waals surface area (Å²) in [7, 11) is 6.35. The summed E-state index contributed by atoms with van der Waals surface area (Å²) in [4.78, 5) is 27.0. The highest BCUT2D eigenvalue weighted by Gasteiger charge is 2.38. The van der Waals surface area contributed by atoms with Gasteiger partial charge in [0.25, 0.3) is 5.91 Å². The van der Waals surface area contributed by atoms with Gasteiger partial charge in [-0.3, -0.25) is 4.79 Å². The van der Waals surface area contributed by atoms with Crippen molar-refractivity contribution in [2.45, 2.75) is 19.0 Å². The van der Waals surface area contributed by atoms with E-state index in [9.17, 15) is 14.7 Å². The fourth-order valence-corrected chi connectivity index (χ4v) is 4.33. The standard InChI is InChI=1S/C23H24N2O6/c1-24-16-8-6-5-7-14(16)15-11-17(23(27)28)25(12-18(15)24)22(26)13-9-19(29-2)21(31-4)20(10-13)30-3/h5-10,17H,11-12H2,1-4H3,(H,27,28). The molecule has 31 heavy (non-hydrogen) atoms. The van der Waals surface area contributed by atoms with Crippen molar-refractivity contribution in [2.24, 2.45) is 7.05 Å². The Balaban J connectivity index is 1.80. The molecule has 162 valence electrons. The highest BCUT2D eigenvalue weighted by Crippen LogP contribution is 2.39. The van der Waals surface area contributed by atoms with E-state index in [2.05, 4.69) is 0 Å². The quantitative estimate of drug-likeness (QED) is 0.677. The number of amides is 1. The molecule has 0 saturated carbocycles. The number of carbonyl (C=O) groups is 2. The number of para-hydroxylation sites is 1. The van der Waals surface area contributed by atoms with E-state index in [1.807, 2.05) is 35.9 Å². The van der Waals surface area contributed by atoms with Gasteiger partial charge in [0.15, 0.2) is 11.5 Å². The number of carbonyl (C=O) groups excluding carboxylic acids is 1. The van der Waals surface area contributed by atoms with E-state index < -0.39 is 17.9 Å². The Kier molecular flexibility index (Phi) is 5.22. The molecule has 0 fully saturated rings. The largest absolute Gasteiger partial charge is 0.493 e. The van der Waals surface area contributed by atoms with Crippen molar-refractivity contribution < 1.29 is 28.9 Å². The summed E-state index contributed by atoms with van der Waals surface area (Å²) in [6.07, 6.45) is 0.238. The van der Waals surface area contributed by atoms with Gasteiger partial charge in [-0.25, -0.2) is 4.79 Å².